The summed E-state index contributed by atoms with van der Waals surface area (Å²) in [5.41, 5.74) is 4.27. The topological polar surface area (TPSA) is 71.1 Å². The van der Waals surface area contributed by atoms with Crippen molar-refractivity contribution in [3.8, 4) is 28.4 Å². The van der Waals surface area contributed by atoms with Gasteiger partial charge in [0, 0.05) is 6.61 Å². The second-order valence-electron chi connectivity index (χ2n) is 13.6. The van der Waals surface area contributed by atoms with Crippen LogP contribution in [0.2, 0.25) is 0 Å². The SMILES string of the molecule is CCCCCCCCCCCCOC(C)C(=O)Oc1ccc(-c2ccc(OC(=O)c3cc(C)c(OCCCCCCCC)c(C)c3)cc2)cc1. The fourth-order valence-corrected chi connectivity index (χ4v) is 6.07. The Kier molecular flexibility index (Phi) is 19.3. The molecule has 0 radical (unpaired) electrons. The van der Waals surface area contributed by atoms with E-state index in [0.29, 0.717) is 30.3 Å². The van der Waals surface area contributed by atoms with E-state index in [9.17, 15) is 9.59 Å². The molecule has 274 valence electrons. The summed E-state index contributed by atoms with van der Waals surface area (Å²) in [4.78, 5) is 25.5. The van der Waals surface area contributed by atoms with Gasteiger partial charge in [0.15, 0.2) is 6.10 Å². The molecule has 3 aromatic carbocycles. The first kappa shape index (κ1) is 40.8. The van der Waals surface area contributed by atoms with Crippen LogP contribution in [0.15, 0.2) is 60.7 Å². The molecule has 50 heavy (non-hydrogen) atoms. The number of ether oxygens (including phenoxy) is 4. The maximum absolute atomic E-state index is 13.0. The van der Waals surface area contributed by atoms with E-state index in [4.69, 9.17) is 18.9 Å². The minimum absolute atomic E-state index is 0.392. The zero-order valence-corrected chi connectivity index (χ0v) is 31.5. The molecular weight excluding hydrogens is 624 g/mol. The molecule has 0 heterocycles. The minimum atomic E-state index is -0.613. The molecule has 3 aromatic rings. The van der Waals surface area contributed by atoms with E-state index < -0.39 is 18.0 Å². The van der Waals surface area contributed by atoms with Crippen molar-refractivity contribution in [3.63, 3.8) is 0 Å². The summed E-state index contributed by atoms with van der Waals surface area (Å²) < 4.78 is 23.1. The van der Waals surface area contributed by atoms with E-state index in [0.717, 1.165) is 47.3 Å². The van der Waals surface area contributed by atoms with Crippen molar-refractivity contribution in [2.75, 3.05) is 13.2 Å². The summed E-state index contributed by atoms with van der Waals surface area (Å²) in [5.74, 6) is 0.997. The van der Waals surface area contributed by atoms with Crippen LogP contribution in [0.1, 0.15) is 145 Å². The maximum Gasteiger partial charge on any atom is 0.343 e. The summed E-state index contributed by atoms with van der Waals surface area (Å²) in [7, 11) is 0. The van der Waals surface area contributed by atoms with Crippen LogP contribution in [0.5, 0.6) is 17.2 Å². The van der Waals surface area contributed by atoms with Crippen molar-refractivity contribution in [2.24, 2.45) is 0 Å². The Labute approximate surface area is 302 Å². The highest BCUT2D eigenvalue weighted by molar-refractivity contribution is 5.92. The lowest BCUT2D eigenvalue weighted by Crippen LogP contribution is -2.26. The van der Waals surface area contributed by atoms with Crippen molar-refractivity contribution in [3.05, 3.63) is 77.4 Å². The molecule has 0 saturated carbocycles. The van der Waals surface area contributed by atoms with Crippen molar-refractivity contribution in [1.82, 2.24) is 0 Å². The molecule has 3 rings (SSSR count). The molecule has 1 unspecified atom stereocenters. The summed E-state index contributed by atoms with van der Waals surface area (Å²) >= 11 is 0. The third-order valence-corrected chi connectivity index (χ3v) is 9.11. The smallest absolute Gasteiger partial charge is 0.343 e. The minimum Gasteiger partial charge on any atom is -0.493 e. The van der Waals surface area contributed by atoms with Crippen LogP contribution in [-0.2, 0) is 9.53 Å². The van der Waals surface area contributed by atoms with Gasteiger partial charge in [-0.2, -0.15) is 0 Å². The molecule has 6 heteroatoms. The van der Waals surface area contributed by atoms with Gasteiger partial charge in [0.05, 0.1) is 12.2 Å². The van der Waals surface area contributed by atoms with Gasteiger partial charge in [-0.1, -0.05) is 128 Å². The lowest BCUT2D eigenvalue weighted by Gasteiger charge is -2.14. The second kappa shape index (κ2) is 23.7. The summed E-state index contributed by atoms with van der Waals surface area (Å²) in [6.07, 6.45) is 19.3. The van der Waals surface area contributed by atoms with Gasteiger partial charge in [-0.25, -0.2) is 9.59 Å². The molecule has 0 aliphatic heterocycles. The molecule has 0 bridgehead atoms. The van der Waals surface area contributed by atoms with Gasteiger partial charge in [0.1, 0.15) is 17.2 Å². The van der Waals surface area contributed by atoms with E-state index in [2.05, 4.69) is 13.8 Å². The Balaban J connectivity index is 1.39. The van der Waals surface area contributed by atoms with E-state index in [-0.39, 0.29) is 0 Å². The highest BCUT2D eigenvalue weighted by Gasteiger charge is 2.17. The molecule has 0 aromatic heterocycles. The Bertz CT molecular complexity index is 1370. The lowest BCUT2D eigenvalue weighted by molar-refractivity contribution is -0.146. The van der Waals surface area contributed by atoms with Gasteiger partial charge >= 0.3 is 11.9 Å². The largest absolute Gasteiger partial charge is 0.493 e. The van der Waals surface area contributed by atoms with E-state index in [1.165, 1.54) is 83.5 Å². The van der Waals surface area contributed by atoms with Crippen LogP contribution in [0.25, 0.3) is 11.1 Å². The molecule has 0 saturated heterocycles. The number of hydrogen-bond acceptors (Lipinski definition) is 6. The Morgan fingerprint density at radius 1 is 0.560 bits per heavy atom. The van der Waals surface area contributed by atoms with Gasteiger partial charge in [0.2, 0.25) is 0 Å². The molecule has 0 N–H and O–H groups in total. The van der Waals surface area contributed by atoms with E-state index >= 15 is 0 Å². The van der Waals surface area contributed by atoms with Crippen molar-refractivity contribution in [2.45, 2.75) is 143 Å². The number of rotatable bonds is 25. The van der Waals surface area contributed by atoms with Gasteiger partial charge in [0.25, 0.3) is 0 Å². The third kappa shape index (κ3) is 15.1. The number of carbonyl (C=O) groups excluding carboxylic acids is 2. The number of carbonyl (C=O) groups is 2. The number of benzene rings is 3. The summed E-state index contributed by atoms with van der Waals surface area (Å²) in [5, 5.41) is 0. The molecule has 6 nitrogen and oxygen atoms in total. The van der Waals surface area contributed by atoms with E-state index in [1.54, 1.807) is 31.2 Å². The molecule has 0 spiro atoms. The van der Waals surface area contributed by atoms with Gasteiger partial charge in [-0.15, -0.1) is 0 Å². The van der Waals surface area contributed by atoms with Crippen molar-refractivity contribution < 1.29 is 28.5 Å². The van der Waals surface area contributed by atoms with Gasteiger partial charge in [-0.3, -0.25) is 0 Å². The molecule has 0 aliphatic rings. The molecule has 0 fully saturated rings. The first-order valence-electron chi connectivity index (χ1n) is 19.3. The standard InChI is InChI=1S/C44H62O6/c1-6-8-10-12-14-15-16-17-19-20-30-47-36(5)43(45)49-40-26-22-37(23-27-40)38-24-28-41(29-25-38)50-44(46)39-32-34(3)42(35(4)33-39)48-31-21-18-13-11-9-7-2/h22-29,32-33,36H,6-21,30-31H2,1-5H3. The fraction of sp³-hybridized carbons (Fsp3) is 0.545. The zero-order valence-electron chi connectivity index (χ0n) is 31.5. The molecule has 0 aliphatic carbocycles. The van der Waals surface area contributed by atoms with Crippen molar-refractivity contribution >= 4 is 11.9 Å². The van der Waals surface area contributed by atoms with Crippen molar-refractivity contribution in [1.29, 1.82) is 0 Å². The number of hydrogen-bond donors (Lipinski definition) is 0. The Morgan fingerprint density at radius 3 is 1.46 bits per heavy atom. The van der Waals surface area contributed by atoms with E-state index in [1.807, 2.05) is 50.2 Å². The monoisotopic (exact) mass is 686 g/mol. The van der Waals surface area contributed by atoms with Crippen LogP contribution >= 0.6 is 0 Å². The molecular formula is C44H62O6. The van der Waals surface area contributed by atoms with Crippen LogP contribution in [0.4, 0.5) is 0 Å². The summed E-state index contributed by atoms with van der Waals surface area (Å²) in [6.45, 7) is 11.4. The normalized spacial score (nSPS) is 11.7. The zero-order chi connectivity index (χ0) is 36.0. The predicted octanol–water partition coefficient (Wildman–Crippen LogP) is 12.2. The highest BCUT2D eigenvalue weighted by Crippen LogP contribution is 2.28. The number of esters is 2. The van der Waals surface area contributed by atoms with Crippen LogP contribution < -0.4 is 14.2 Å². The first-order valence-corrected chi connectivity index (χ1v) is 19.3. The van der Waals surface area contributed by atoms with Crippen LogP contribution in [0.3, 0.4) is 0 Å². The number of unbranched alkanes of at least 4 members (excludes halogenated alkanes) is 14. The van der Waals surface area contributed by atoms with Gasteiger partial charge < -0.3 is 18.9 Å². The molecule has 1 atom stereocenters. The predicted molar refractivity (Wildman–Crippen MR) is 205 cm³/mol. The highest BCUT2D eigenvalue weighted by atomic mass is 16.6. The average molecular weight is 687 g/mol. The molecule has 0 amide bonds. The Hall–Kier alpha value is -3.64. The average Bonchev–Trinajstić information content (AvgIpc) is 3.11. The quantitative estimate of drug-likeness (QED) is 0.0502. The maximum atomic E-state index is 13.0. The summed E-state index contributed by atoms with van der Waals surface area (Å²) in [6, 6.07) is 18.4. The van der Waals surface area contributed by atoms with Crippen LogP contribution in [0, 0.1) is 13.8 Å². The second-order valence-corrected chi connectivity index (χ2v) is 13.6. The first-order chi connectivity index (χ1) is 24.3. The Morgan fingerprint density at radius 2 is 0.980 bits per heavy atom. The lowest BCUT2D eigenvalue weighted by atomic mass is 10.1. The number of aryl methyl sites for hydroxylation is 2. The third-order valence-electron chi connectivity index (χ3n) is 9.11. The van der Waals surface area contributed by atoms with Crippen LogP contribution in [-0.4, -0.2) is 31.3 Å². The van der Waals surface area contributed by atoms with Gasteiger partial charge in [-0.05, 0) is 92.3 Å². The fourth-order valence-electron chi connectivity index (χ4n) is 6.07.